The lowest BCUT2D eigenvalue weighted by Crippen LogP contribution is -2.44. The first-order chi connectivity index (χ1) is 13.6. The molecule has 1 aromatic heterocycles. The molecule has 2 N–H and O–H groups in total. The first kappa shape index (κ1) is 20.1. The average Bonchev–Trinajstić information content (AvgIpc) is 3.22. The van der Waals surface area contributed by atoms with Gasteiger partial charge in [-0.05, 0) is 49.6 Å². The lowest BCUT2D eigenvalue weighted by atomic mass is 10.1. The summed E-state index contributed by atoms with van der Waals surface area (Å²) in [5.74, 6) is -0.655. The fourth-order valence-corrected chi connectivity index (χ4v) is 3.46. The predicted molar refractivity (Wildman–Crippen MR) is 112 cm³/mol. The fraction of sp³-hybridized carbons (Fsp3) is 0.381. The summed E-state index contributed by atoms with van der Waals surface area (Å²) in [4.78, 5) is 31.6. The van der Waals surface area contributed by atoms with Crippen LogP contribution in [0.25, 0.3) is 0 Å². The highest BCUT2D eigenvalue weighted by molar-refractivity contribution is 6.30. The molecule has 1 saturated heterocycles. The molecule has 1 aliphatic heterocycles. The van der Waals surface area contributed by atoms with Gasteiger partial charge >= 0.3 is 0 Å². The van der Waals surface area contributed by atoms with Crippen molar-refractivity contribution in [2.75, 3.05) is 23.3 Å². The van der Waals surface area contributed by atoms with Gasteiger partial charge in [0.2, 0.25) is 5.91 Å². The van der Waals surface area contributed by atoms with E-state index in [9.17, 15) is 9.59 Å². The summed E-state index contributed by atoms with van der Waals surface area (Å²) in [6.45, 7) is 4.05. The molecule has 3 rings (SSSR count). The highest BCUT2D eigenvalue weighted by Crippen LogP contribution is 2.23. The monoisotopic (exact) mass is 400 g/mol. The van der Waals surface area contributed by atoms with Crippen LogP contribution in [-0.4, -0.2) is 35.9 Å². The van der Waals surface area contributed by atoms with Crippen LogP contribution in [0.1, 0.15) is 43.1 Å². The third-order valence-corrected chi connectivity index (χ3v) is 4.97. The zero-order chi connectivity index (χ0) is 19.9. The number of anilines is 2. The van der Waals surface area contributed by atoms with Gasteiger partial charge in [-0.3, -0.25) is 14.6 Å². The number of nitrogens with zero attached hydrogens (tertiary/aromatic N) is 2. The van der Waals surface area contributed by atoms with Gasteiger partial charge in [0.15, 0.2) is 0 Å². The topological polar surface area (TPSA) is 74.3 Å². The van der Waals surface area contributed by atoms with E-state index in [-0.39, 0.29) is 11.6 Å². The molecule has 2 aromatic rings. The molecule has 6 nitrogen and oxygen atoms in total. The Balaban J connectivity index is 1.67. The molecule has 0 bridgehead atoms. The number of aromatic nitrogens is 1. The van der Waals surface area contributed by atoms with Crippen LogP contribution in [0.2, 0.25) is 5.02 Å². The zero-order valence-corrected chi connectivity index (χ0v) is 16.7. The Morgan fingerprint density at radius 2 is 2.00 bits per heavy atom. The largest absolute Gasteiger partial charge is 0.371 e. The smallest absolute Gasteiger partial charge is 0.270 e. The molecule has 7 heteroatoms. The highest BCUT2D eigenvalue weighted by atomic mass is 35.5. The van der Waals surface area contributed by atoms with E-state index in [1.807, 2.05) is 25.1 Å². The first-order valence-electron chi connectivity index (χ1n) is 9.65. The van der Waals surface area contributed by atoms with E-state index >= 15 is 0 Å². The minimum absolute atomic E-state index is 0.192. The summed E-state index contributed by atoms with van der Waals surface area (Å²) in [6, 6.07) is 10.3. The van der Waals surface area contributed by atoms with Gasteiger partial charge in [0.25, 0.3) is 5.91 Å². The molecule has 0 saturated carbocycles. The molecule has 1 unspecified atom stereocenters. The minimum Gasteiger partial charge on any atom is -0.371 e. The Bertz CT molecular complexity index is 837. The Morgan fingerprint density at radius 1 is 1.21 bits per heavy atom. The lowest BCUT2D eigenvalue weighted by Gasteiger charge is -2.20. The molecule has 0 radical (unpaired) electrons. The number of amides is 2. The molecule has 0 aliphatic carbocycles. The van der Waals surface area contributed by atoms with Crippen LogP contribution in [-0.2, 0) is 4.79 Å². The van der Waals surface area contributed by atoms with Crippen molar-refractivity contribution in [3.8, 4) is 0 Å². The maximum Gasteiger partial charge on any atom is 0.270 e. The molecule has 2 heterocycles. The summed E-state index contributed by atoms with van der Waals surface area (Å²) in [5, 5.41) is 6.13. The van der Waals surface area contributed by atoms with Crippen molar-refractivity contribution >= 4 is 34.8 Å². The highest BCUT2D eigenvalue weighted by Gasteiger charge is 2.22. The summed E-state index contributed by atoms with van der Waals surface area (Å²) in [7, 11) is 0. The second-order valence-corrected chi connectivity index (χ2v) is 7.34. The van der Waals surface area contributed by atoms with Crippen molar-refractivity contribution < 1.29 is 9.59 Å². The van der Waals surface area contributed by atoms with Gasteiger partial charge < -0.3 is 15.5 Å². The van der Waals surface area contributed by atoms with E-state index in [0.29, 0.717) is 11.4 Å². The van der Waals surface area contributed by atoms with Crippen molar-refractivity contribution in [2.24, 2.45) is 0 Å². The Morgan fingerprint density at radius 3 is 2.71 bits per heavy atom. The summed E-state index contributed by atoms with van der Waals surface area (Å²) in [5.41, 5.74) is 2.03. The number of pyridine rings is 1. The van der Waals surface area contributed by atoms with Crippen LogP contribution in [0.5, 0.6) is 0 Å². The minimum atomic E-state index is -0.645. The number of carbonyl (C=O) groups excluding carboxylic acids is 2. The summed E-state index contributed by atoms with van der Waals surface area (Å²) >= 11 is 5.92. The molecular weight excluding hydrogens is 376 g/mol. The van der Waals surface area contributed by atoms with E-state index in [2.05, 4.69) is 26.6 Å². The van der Waals surface area contributed by atoms with Crippen LogP contribution in [0.15, 0.2) is 42.6 Å². The summed E-state index contributed by atoms with van der Waals surface area (Å²) in [6.07, 6.45) is 5.15. The molecule has 0 spiro atoms. The molecule has 2 amide bonds. The van der Waals surface area contributed by atoms with Crippen LogP contribution in [0, 0.1) is 0 Å². The van der Waals surface area contributed by atoms with Crippen molar-refractivity contribution in [1.29, 1.82) is 0 Å². The van der Waals surface area contributed by atoms with Gasteiger partial charge in [-0.1, -0.05) is 31.0 Å². The lowest BCUT2D eigenvalue weighted by molar-refractivity contribution is -0.118. The Hall–Kier alpha value is -2.60. The third kappa shape index (κ3) is 5.23. The number of hydrogen-bond donors (Lipinski definition) is 2. The first-order valence-corrected chi connectivity index (χ1v) is 10.0. The number of benzene rings is 1. The van der Waals surface area contributed by atoms with Crippen LogP contribution < -0.4 is 15.5 Å². The molecule has 28 heavy (non-hydrogen) atoms. The molecule has 1 aliphatic rings. The molecular formula is C21H25ClN4O2. The van der Waals surface area contributed by atoms with Gasteiger partial charge in [-0.2, -0.15) is 0 Å². The standard InChI is InChI=1S/C21H25ClN4O2/c1-2-6-18(25-21(28)19-13-15(22)9-10-23-19)20(27)24-16-7-5-8-17(14-16)26-11-3-4-12-26/h5,7-10,13-14,18H,2-4,6,11-12H2,1H3,(H,24,27)(H,25,28). The predicted octanol–water partition coefficient (Wildman–Crippen LogP) is 3.87. The van der Waals surface area contributed by atoms with E-state index in [0.717, 1.165) is 30.9 Å². The number of halogens is 1. The van der Waals surface area contributed by atoms with Gasteiger partial charge in [0.05, 0.1) is 0 Å². The van der Waals surface area contributed by atoms with Crippen molar-refractivity contribution in [1.82, 2.24) is 10.3 Å². The van der Waals surface area contributed by atoms with Gasteiger partial charge in [0, 0.05) is 35.7 Å². The van der Waals surface area contributed by atoms with Gasteiger partial charge in [0.1, 0.15) is 11.7 Å². The van der Waals surface area contributed by atoms with Crippen molar-refractivity contribution in [3.63, 3.8) is 0 Å². The van der Waals surface area contributed by atoms with Crippen LogP contribution in [0.3, 0.4) is 0 Å². The van der Waals surface area contributed by atoms with Gasteiger partial charge in [-0.25, -0.2) is 0 Å². The average molecular weight is 401 g/mol. The van der Waals surface area contributed by atoms with E-state index in [4.69, 9.17) is 11.6 Å². The SMILES string of the molecule is CCCC(NC(=O)c1cc(Cl)ccn1)C(=O)Nc1cccc(N2CCCC2)c1. The Labute approximate surface area is 170 Å². The second kappa shape index (κ2) is 9.55. The van der Waals surface area contributed by atoms with Crippen LogP contribution >= 0.6 is 11.6 Å². The van der Waals surface area contributed by atoms with E-state index < -0.39 is 11.9 Å². The quantitative estimate of drug-likeness (QED) is 0.739. The maximum atomic E-state index is 12.8. The molecule has 148 valence electrons. The molecule has 1 fully saturated rings. The zero-order valence-electron chi connectivity index (χ0n) is 16.0. The maximum absolute atomic E-state index is 12.8. The number of rotatable bonds is 7. The Kier molecular flexibility index (Phi) is 6.87. The van der Waals surface area contributed by atoms with Crippen molar-refractivity contribution in [3.05, 3.63) is 53.3 Å². The van der Waals surface area contributed by atoms with Crippen LogP contribution in [0.4, 0.5) is 11.4 Å². The number of nitrogens with one attached hydrogen (secondary N) is 2. The van der Waals surface area contributed by atoms with E-state index in [1.54, 1.807) is 6.07 Å². The van der Waals surface area contributed by atoms with E-state index in [1.165, 1.54) is 25.1 Å². The number of carbonyl (C=O) groups is 2. The normalized spacial score (nSPS) is 14.6. The molecule has 1 aromatic carbocycles. The fourth-order valence-electron chi connectivity index (χ4n) is 3.30. The summed E-state index contributed by atoms with van der Waals surface area (Å²) < 4.78 is 0. The third-order valence-electron chi connectivity index (χ3n) is 4.74. The van der Waals surface area contributed by atoms with Crippen molar-refractivity contribution in [2.45, 2.75) is 38.6 Å². The number of hydrogen-bond acceptors (Lipinski definition) is 4. The second-order valence-electron chi connectivity index (χ2n) is 6.91. The van der Waals surface area contributed by atoms with Gasteiger partial charge in [-0.15, -0.1) is 0 Å². The molecule has 1 atom stereocenters.